The first-order chi connectivity index (χ1) is 10.0. The Kier molecular flexibility index (Phi) is 4.96. The highest BCUT2D eigenvalue weighted by atomic mass is 79.9. The molecule has 0 saturated heterocycles. The van der Waals surface area contributed by atoms with Crippen LogP contribution in [0.15, 0.2) is 40.9 Å². The van der Waals surface area contributed by atoms with Crippen LogP contribution in [0.2, 0.25) is 0 Å². The molecule has 0 saturated carbocycles. The van der Waals surface area contributed by atoms with Crippen molar-refractivity contribution in [1.82, 2.24) is 0 Å². The smallest absolute Gasteiger partial charge is 0.162 e. The predicted octanol–water partition coefficient (Wildman–Crippen LogP) is 3.68. The van der Waals surface area contributed by atoms with E-state index in [0.717, 1.165) is 16.7 Å². The number of anilines is 2. The van der Waals surface area contributed by atoms with Gasteiger partial charge < -0.3 is 20.1 Å². The van der Waals surface area contributed by atoms with Gasteiger partial charge in [0.15, 0.2) is 11.5 Å². The molecule has 0 aliphatic carbocycles. The maximum atomic E-state index is 6.12. The van der Waals surface area contributed by atoms with E-state index in [0.29, 0.717) is 17.2 Å². The van der Waals surface area contributed by atoms with Crippen LogP contribution in [0.3, 0.4) is 0 Å². The number of hydrogen-bond acceptors (Lipinski definition) is 4. The molecule has 2 aromatic rings. The summed E-state index contributed by atoms with van der Waals surface area (Å²) in [6.45, 7) is 0.749. The molecule has 0 amide bonds. The van der Waals surface area contributed by atoms with Gasteiger partial charge in [-0.2, -0.15) is 0 Å². The van der Waals surface area contributed by atoms with E-state index < -0.39 is 0 Å². The minimum absolute atomic E-state index is 0.634. The van der Waals surface area contributed by atoms with E-state index in [2.05, 4.69) is 33.0 Å². The van der Waals surface area contributed by atoms with E-state index in [1.165, 1.54) is 5.56 Å². The molecule has 5 heteroatoms. The van der Waals surface area contributed by atoms with Crippen LogP contribution in [0.5, 0.6) is 11.5 Å². The molecule has 2 N–H and O–H groups in total. The summed E-state index contributed by atoms with van der Waals surface area (Å²) >= 11 is 3.48. The number of benzene rings is 2. The molecule has 0 atom stereocenters. The monoisotopic (exact) mass is 350 g/mol. The molecule has 2 rings (SSSR count). The predicted molar refractivity (Wildman–Crippen MR) is 90.2 cm³/mol. The van der Waals surface area contributed by atoms with Gasteiger partial charge in [-0.1, -0.05) is 28.1 Å². The second-order valence-corrected chi connectivity index (χ2v) is 5.67. The second-order valence-electron chi connectivity index (χ2n) is 4.75. The summed E-state index contributed by atoms with van der Waals surface area (Å²) in [7, 11) is 5.22. The molecular formula is C16H19BrN2O2. The third-order valence-electron chi connectivity index (χ3n) is 3.25. The standard InChI is InChI=1S/C16H19BrN2O2/c1-19(10-11-5-4-6-12(17)7-11)14-9-16(21-3)15(20-2)8-13(14)18/h4-9H,10,18H2,1-3H3. The van der Waals surface area contributed by atoms with Crippen LogP contribution in [-0.2, 0) is 6.54 Å². The molecule has 0 aliphatic rings. The lowest BCUT2D eigenvalue weighted by molar-refractivity contribution is 0.355. The zero-order valence-corrected chi connectivity index (χ0v) is 14.0. The summed E-state index contributed by atoms with van der Waals surface area (Å²) in [6.07, 6.45) is 0. The number of hydrogen-bond donors (Lipinski definition) is 1. The van der Waals surface area contributed by atoms with Gasteiger partial charge in [0.1, 0.15) is 0 Å². The van der Waals surface area contributed by atoms with Gasteiger partial charge in [-0.25, -0.2) is 0 Å². The Bertz CT molecular complexity index is 632. The number of methoxy groups -OCH3 is 2. The molecule has 0 radical (unpaired) electrons. The van der Waals surface area contributed by atoms with Crippen molar-refractivity contribution in [3.8, 4) is 11.5 Å². The highest BCUT2D eigenvalue weighted by Crippen LogP contribution is 2.36. The molecule has 0 unspecified atom stereocenters. The summed E-state index contributed by atoms with van der Waals surface area (Å²) < 4.78 is 11.7. The molecule has 0 bridgehead atoms. The third kappa shape index (κ3) is 3.61. The van der Waals surface area contributed by atoms with Crippen LogP contribution in [0.25, 0.3) is 0 Å². The molecular weight excluding hydrogens is 332 g/mol. The Morgan fingerprint density at radius 2 is 1.76 bits per heavy atom. The van der Waals surface area contributed by atoms with Crippen LogP contribution in [0, 0.1) is 0 Å². The highest BCUT2D eigenvalue weighted by molar-refractivity contribution is 9.10. The Balaban J connectivity index is 2.28. The fraction of sp³-hybridized carbons (Fsp3) is 0.250. The number of halogens is 1. The molecule has 112 valence electrons. The van der Waals surface area contributed by atoms with E-state index in [1.54, 1.807) is 20.3 Å². The first kappa shape index (κ1) is 15.5. The summed E-state index contributed by atoms with van der Waals surface area (Å²) in [5.74, 6) is 1.30. The average molecular weight is 351 g/mol. The second kappa shape index (κ2) is 6.72. The van der Waals surface area contributed by atoms with Gasteiger partial charge in [0.25, 0.3) is 0 Å². The number of ether oxygens (including phenoxy) is 2. The summed E-state index contributed by atoms with van der Waals surface area (Å²) in [5.41, 5.74) is 8.88. The molecule has 0 heterocycles. The lowest BCUT2D eigenvalue weighted by Crippen LogP contribution is -2.18. The summed E-state index contributed by atoms with van der Waals surface area (Å²) in [4.78, 5) is 2.08. The normalized spacial score (nSPS) is 10.3. The zero-order chi connectivity index (χ0) is 15.4. The molecule has 0 aliphatic heterocycles. The van der Waals surface area contributed by atoms with E-state index in [4.69, 9.17) is 15.2 Å². The molecule has 0 spiro atoms. The third-order valence-corrected chi connectivity index (χ3v) is 3.75. The maximum absolute atomic E-state index is 6.12. The quantitative estimate of drug-likeness (QED) is 0.835. The van der Waals surface area contributed by atoms with E-state index in [9.17, 15) is 0 Å². The van der Waals surface area contributed by atoms with Gasteiger partial charge in [0.2, 0.25) is 0 Å². The van der Waals surface area contributed by atoms with Crippen LogP contribution in [0.4, 0.5) is 11.4 Å². The van der Waals surface area contributed by atoms with Crippen molar-refractivity contribution in [3.63, 3.8) is 0 Å². The van der Waals surface area contributed by atoms with E-state index in [1.807, 2.05) is 25.2 Å². The first-order valence-electron chi connectivity index (χ1n) is 6.52. The molecule has 2 aromatic carbocycles. The SMILES string of the molecule is COc1cc(N)c(N(C)Cc2cccc(Br)c2)cc1OC. The van der Waals surface area contributed by atoms with E-state index in [-0.39, 0.29) is 0 Å². The van der Waals surface area contributed by atoms with Gasteiger partial charge in [0.05, 0.1) is 25.6 Å². The van der Waals surface area contributed by atoms with Crippen molar-refractivity contribution < 1.29 is 9.47 Å². The molecule has 21 heavy (non-hydrogen) atoms. The van der Waals surface area contributed by atoms with Crippen molar-refractivity contribution in [2.75, 3.05) is 31.9 Å². The highest BCUT2D eigenvalue weighted by Gasteiger charge is 2.12. The Morgan fingerprint density at radius 1 is 1.10 bits per heavy atom. The van der Waals surface area contributed by atoms with Gasteiger partial charge in [0, 0.05) is 30.2 Å². The zero-order valence-electron chi connectivity index (χ0n) is 12.4. The largest absolute Gasteiger partial charge is 0.493 e. The number of nitrogens with zero attached hydrogens (tertiary/aromatic N) is 1. The number of nitrogens with two attached hydrogens (primary N) is 1. The minimum Gasteiger partial charge on any atom is -0.493 e. The van der Waals surface area contributed by atoms with Crippen LogP contribution < -0.4 is 20.1 Å². The van der Waals surface area contributed by atoms with Gasteiger partial charge in [-0.05, 0) is 17.7 Å². The lowest BCUT2D eigenvalue weighted by atomic mass is 10.2. The van der Waals surface area contributed by atoms with Gasteiger partial charge >= 0.3 is 0 Å². The fourth-order valence-corrected chi connectivity index (χ4v) is 2.66. The summed E-state index contributed by atoms with van der Waals surface area (Å²) in [6, 6.07) is 11.9. The van der Waals surface area contributed by atoms with Crippen LogP contribution in [0.1, 0.15) is 5.56 Å². The van der Waals surface area contributed by atoms with Crippen LogP contribution in [-0.4, -0.2) is 21.3 Å². The molecule has 4 nitrogen and oxygen atoms in total. The van der Waals surface area contributed by atoms with Crippen molar-refractivity contribution >= 4 is 27.3 Å². The van der Waals surface area contributed by atoms with Gasteiger partial charge in [-0.3, -0.25) is 0 Å². The van der Waals surface area contributed by atoms with Crippen molar-refractivity contribution in [2.24, 2.45) is 0 Å². The topological polar surface area (TPSA) is 47.7 Å². The molecule has 0 fully saturated rings. The average Bonchev–Trinajstić information content (AvgIpc) is 2.46. The Labute approximate surface area is 133 Å². The molecule has 0 aromatic heterocycles. The van der Waals surface area contributed by atoms with Gasteiger partial charge in [-0.15, -0.1) is 0 Å². The fourth-order valence-electron chi connectivity index (χ4n) is 2.21. The Hall–Kier alpha value is -1.88. The van der Waals surface area contributed by atoms with Crippen molar-refractivity contribution in [2.45, 2.75) is 6.54 Å². The Morgan fingerprint density at radius 3 is 2.38 bits per heavy atom. The van der Waals surface area contributed by atoms with Crippen molar-refractivity contribution in [1.29, 1.82) is 0 Å². The minimum atomic E-state index is 0.634. The number of rotatable bonds is 5. The number of nitrogen functional groups attached to an aromatic ring is 1. The van der Waals surface area contributed by atoms with Crippen LogP contribution >= 0.6 is 15.9 Å². The van der Waals surface area contributed by atoms with E-state index >= 15 is 0 Å². The van der Waals surface area contributed by atoms with Crippen molar-refractivity contribution in [3.05, 3.63) is 46.4 Å². The summed E-state index contributed by atoms with van der Waals surface area (Å²) in [5, 5.41) is 0. The lowest BCUT2D eigenvalue weighted by Gasteiger charge is -2.23. The maximum Gasteiger partial charge on any atom is 0.162 e. The first-order valence-corrected chi connectivity index (χ1v) is 7.31.